The molecular weight excluding hydrogens is 410 g/mol. The first-order valence-corrected chi connectivity index (χ1v) is 11.3. The lowest BCUT2D eigenvalue weighted by Crippen LogP contribution is -2.39. The highest BCUT2D eigenvalue weighted by molar-refractivity contribution is 7.22. The van der Waals surface area contributed by atoms with E-state index in [0.29, 0.717) is 17.6 Å². The van der Waals surface area contributed by atoms with Gasteiger partial charge in [-0.1, -0.05) is 23.5 Å². The average molecular weight is 434 g/mol. The Bertz CT molecular complexity index is 1170. The van der Waals surface area contributed by atoms with E-state index < -0.39 is 0 Å². The van der Waals surface area contributed by atoms with E-state index in [1.165, 1.54) is 0 Å². The van der Waals surface area contributed by atoms with Crippen LogP contribution in [-0.2, 0) is 4.74 Å². The number of rotatable bonds is 6. The van der Waals surface area contributed by atoms with Crippen LogP contribution in [0.3, 0.4) is 0 Å². The van der Waals surface area contributed by atoms with Crippen LogP contribution in [0, 0.1) is 0 Å². The molecule has 1 aliphatic heterocycles. The maximum atomic E-state index is 13.6. The number of aromatic nitrogens is 3. The van der Waals surface area contributed by atoms with Crippen LogP contribution in [0.15, 0.2) is 54.9 Å². The molecule has 0 unspecified atom stereocenters. The van der Waals surface area contributed by atoms with Gasteiger partial charge in [-0.2, -0.15) is 0 Å². The number of carbonyl (C=O) groups is 1. The zero-order valence-corrected chi connectivity index (χ0v) is 17.9. The highest BCUT2D eigenvalue weighted by Crippen LogP contribution is 2.30. The van der Waals surface area contributed by atoms with Crippen molar-refractivity contribution in [3.05, 3.63) is 60.4 Å². The third-order valence-corrected chi connectivity index (χ3v) is 6.49. The minimum atomic E-state index is -0.0615. The molecule has 2 aromatic heterocycles. The van der Waals surface area contributed by atoms with Gasteiger partial charge in [0.15, 0.2) is 5.13 Å². The number of fused-ring (bicyclic) bond motifs is 2. The fourth-order valence-electron chi connectivity index (χ4n) is 3.79. The van der Waals surface area contributed by atoms with E-state index in [0.717, 1.165) is 60.1 Å². The summed E-state index contributed by atoms with van der Waals surface area (Å²) in [6.45, 7) is 4.98. The standard InChI is InChI=1S/C23H23N5O2S/c29-22(17-6-7-18-20(16-17)25-9-8-24-18)28(11-3-10-27-12-14-30-15-13-27)23-26-19-4-1-2-5-21(19)31-23/h1-2,4-9,16H,3,10-15H2. The van der Waals surface area contributed by atoms with Crippen molar-refractivity contribution in [2.75, 3.05) is 44.3 Å². The smallest absolute Gasteiger partial charge is 0.260 e. The van der Waals surface area contributed by atoms with E-state index in [-0.39, 0.29) is 5.91 Å². The number of para-hydroxylation sites is 1. The summed E-state index contributed by atoms with van der Waals surface area (Å²) in [5.41, 5.74) is 3.00. The van der Waals surface area contributed by atoms with Gasteiger partial charge >= 0.3 is 0 Å². The lowest BCUT2D eigenvalue weighted by atomic mass is 10.1. The number of morpholine rings is 1. The molecule has 1 fully saturated rings. The van der Waals surface area contributed by atoms with Crippen molar-refractivity contribution in [1.82, 2.24) is 19.9 Å². The van der Waals surface area contributed by atoms with Crippen LogP contribution in [-0.4, -0.2) is 65.2 Å². The zero-order chi connectivity index (χ0) is 21.0. The molecule has 0 spiro atoms. The van der Waals surface area contributed by atoms with Crippen LogP contribution in [0.4, 0.5) is 5.13 Å². The molecule has 2 aromatic carbocycles. The Balaban J connectivity index is 1.42. The number of carbonyl (C=O) groups excluding carboxylic acids is 1. The van der Waals surface area contributed by atoms with Crippen molar-refractivity contribution < 1.29 is 9.53 Å². The molecule has 1 aliphatic rings. The summed E-state index contributed by atoms with van der Waals surface area (Å²) >= 11 is 1.55. The normalized spacial score (nSPS) is 14.8. The van der Waals surface area contributed by atoms with Gasteiger partial charge in [-0.05, 0) is 36.8 Å². The molecular formula is C23H23N5O2S. The summed E-state index contributed by atoms with van der Waals surface area (Å²) in [5, 5.41) is 0.729. The Morgan fingerprint density at radius 2 is 1.84 bits per heavy atom. The summed E-state index contributed by atoms with van der Waals surface area (Å²) in [5.74, 6) is -0.0615. The molecule has 0 N–H and O–H groups in total. The number of hydrogen-bond donors (Lipinski definition) is 0. The number of hydrogen-bond acceptors (Lipinski definition) is 7. The van der Waals surface area contributed by atoms with Gasteiger partial charge in [-0.3, -0.25) is 24.6 Å². The maximum Gasteiger partial charge on any atom is 0.260 e. The topological polar surface area (TPSA) is 71.5 Å². The largest absolute Gasteiger partial charge is 0.379 e. The molecule has 5 rings (SSSR count). The molecule has 1 saturated heterocycles. The molecule has 0 radical (unpaired) electrons. The number of nitrogens with zero attached hydrogens (tertiary/aromatic N) is 5. The predicted molar refractivity (Wildman–Crippen MR) is 123 cm³/mol. The summed E-state index contributed by atoms with van der Waals surface area (Å²) in [6.07, 6.45) is 4.17. The van der Waals surface area contributed by atoms with E-state index in [9.17, 15) is 4.79 Å². The lowest BCUT2D eigenvalue weighted by Gasteiger charge is -2.27. The number of ether oxygens (including phenoxy) is 1. The SMILES string of the molecule is O=C(c1ccc2nccnc2c1)N(CCCN1CCOCC1)c1nc2ccccc2s1. The van der Waals surface area contributed by atoms with E-state index in [2.05, 4.69) is 14.9 Å². The molecule has 0 atom stereocenters. The second kappa shape index (κ2) is 9.05. The quantitative estimate of drug-likeness (QED) is 0.463. The van der Waals surface area contributed by atoms with Crippen LogP contribution >= 0.6 is 11.3 Å². The van der Waals surface area contributed by atoms with Crippen molar-refractivity contribution in [2.24, 2.45) is 0 Å². The van der Waals surface area contributed by atoms with E-state index in [4.69, 9.17) is 9.72 Å². The lowest BCUT2D eigenvalue weighted by molar-refractivity contribution is 0.0376. The van der Waals surface area contributed by atoms with Gasteiger partial charge in [0.2, 0.25) is 0 Å². The molecule has 7 nitrogen and oxygen atoms in total. The van der Waals surface area contributed by atoms with Gasteiger partial charge < -0.3 is 4.74 Å². The third kappa shape index (κ3) is 4.41. The van der Waals surface area contributed by atoms with Crippen LogP contribution in [0.2, 0.25) is 0 Å². The van der Waals surface area contributed by atoms with Gasteiger partial charge in [0.1, 0.15) is 0 Å². The van der Waals surface area contributed by atoms with Gasteiger partial charge in [0.25, 0.3) is 5.91 Å². The maximum absolute atomic E-state index is 13.6. The monoisotopic (exact) mass is 433 g/mol. The van der Waals surface area contributed by atoms with Crippen LogP contribution in [0.1, 0.15) is 16.8 Å². The Morgan fingerprint density at radius 1 is 1.03 bits per heavy atom. The van der Waals surface area contributed by atoms with E-state index >= 15 is 0 Å². The Hall–Kier alpha value is -2.94. The Morgan fingerprint density at radius 3 is 2.68 bits per heavy atom. The van der Waals surface area contributed by atoms with E-state index in [1.807, 2.05) is 47.4 Å². The third-order valence-electron chi connectivity index (χ3n) is 5.43. The predicted octanol–water partition coefficient (Wildman–Crippen LogP) is 3.61. The van der Waals surface area contributed by atoms with Crippen LogP contribution in [0.25, 0.3) is 21.3 Å². The number of benzene rings is 2. The Labute approximate surface area is 184 Å². The highest BCUT2D eigenvalue weighted by atomic mass is 32.1. The average Bonchev–Trinajstić information content (AvgIpc) is 3.26. The summed E-state index contributed by atoms with van der Waals surface area (Å²) in [7, 11) is 0. The second-order valence-corrected chi connectivity index (χ2v) is 8.50. The first-order chi connectivity index (χ1) is 15.3. The number of anilines is 1. The van der Waals surface area contributed by atoms with Gasteiger partial charge in [0.05, 0.1) is 34.5 Å². The van der Waals surface area contributed by atoms with Crippen molar-refractivity contribution >= 4 is 43.6 Å². The zero-order valence-electron chi connectivity index (χ0n) is 17.1. The fourth-order valence-corrected chi connectivity index (χ4v) is 4.78. The highest BCUT2D eigenvalue weighted by Gasteiger charge is 2.22. The van der Waals surface area contributed by atoms with Gasteiger partial charge in [-0.25, -0.2) is 4.98 Å². The molecule has 1 amide bonds. The van der Waals surface area contributed by atoms with Crippen molar-refractivity contribution in [2.45, 2.75) is 6.42 Å². The molecule has 0 aliphatic carbocycles. The van der Waals surface area contributed by atoms with Gasteiger partial charge in [0, 0.05) is 44.1 Å². The summed E-state index contributed by atoms with van der Waals surface area (Å²) in [4.78, 5) is 31.2. The Kier molecular flexibility index (Phi) is 5.84. The molecule has 3 heterocycles. The minimum absolute atomic E-state index is 0.0615. The molecule has 8 heteroatoms. The van der Waals surface area contributed by atoms with Crippen LogP contribution in [0.5, 0.6) is 0 Å². The molecule has 0 bridgehead atoms. The van der Waals surface area contributed by atoms with Gasteiger partial charge in [-0.15, -0.1) is 0 Å². The molecule has 0 saturated carbocycles. The first-order valence-electron chi connectivity index (χ1n) is 10.5. The fraction of sp³-hybridized carbons (Fsp3) is 0.304. The summed E-state index contributed by atoms with van der Waals surface area (Å²) in [6, 6.07) is 13.5. The molecule has 4 aromatic rings. The minimum Gasteiger partial charge on any atom is -0.379 e. The van der Waals surface area contributed by atoms with Crippen LogP contribution < -0.4 is 4.90 Å². The van der Waals surface area contributed by atoms with Crippen molar-refractivity contribution in [3.8, 4) is 0 Å². The van der Waals surface area contributed by atoms with E-state index in [1.54, 1.807) is 23.7 Å². The van der Waals surface area contributed by atoms with Crippen molar-refractivity contribution in [3.63, 3.8) is 0 Å². The molecule has 158 valence electrons. The first kappa shape index (κ1) is 20.0. The second-order valence-electron chi connectivity index (χ2n) is 7.49. The van der Waals surface area contributed by atoms with Crippen molar-refractivity contribution in [1.29, 1.82) is 0 Å². The number of amides is 1. The summed E-state index contributed by atoms with van der Waals surface area (Å²) < 4.78 is 6.51. The number of thiazole rings is 1. The molecule has 31 heavy (non-hydrogen) atoms.